The smallest absolute Gasteiger partial charge is 0.230 e. The molecular formula is C29H26FN5O. The third kappa shape index (κ3) is 4.86. The average molecular weight is 480 g/mol. The van der Waals surface area contributed by atoms with Gasteiger partial charge in [-0.15, -0.1) is 0 Å². The Balaban J connectivity index is 1.33. The van der Waals surface area contributed by atoms with Gasteiger partial charge in [0.25, 0.3) is 0 Å². The van der Waals surface area contributed by atoms with Crippen LogP contribution in [-0.4, -0.2) is 25.3 Å². The molecule has 4 heterocycles. The van der Waals surface area contributed by atoms with E-state index in [1.807, 2.05) is 53.1 Å². The first-order valence-electron chi connectivity index (χ1n) is 11.9. The van der Waals surface area contributed by atoms with Gasteiger partial charge >= 0.3 is 0 Å². The number of aromatic nitrogens is 4. The monoisotopic (exact) mass is 479 g/mol. The van der Waals surface area contributed by atoms with Crippen molar-refractivity contribution in [2.24, 2.45) is 0 Å². The van der Waals surface area contributed by atoms with Crippen molar-refractivity contribution < 1.29 is 9.18 Å². The molecule has 5 aromatic rings. The molecule has 0 saturated carbocycles. The van der Waals surface area contributed by atoms with Gasteiger partial charge in [-0.05, 0) is 77.1 Å². The van der Waals surface area contributed by atoms with Crippen LogP contribution in [0.4, 0.5) is 10.2 Å². The van der Waals surface area contributed by atoms with Crippen molar-refractivity contribution in [3.63, 3.8) is 0 Å². The second kappa shape index (κ2) is 10.1. The number of nitrogens with one attached hydrogen (secondary N) is 1. The number of amides is 1. The molecule has 1 amide bonds. The van der Waals surface area contributed by atoms with Gasteiger partial charge in [0.15, 0.2) is 0 Å². The fraction of sp³-hybridized carbons (Fsp3) is 0.172. The van der Waals surface area contributed by atoms with Crippen molar-refractivity contribution in [2.75, 3.05) is 5.32 Å². The number of pyridine rings is 3. The van der Waals surface area contributed by atoms with E-state index in [1.54, 1.807) is 30.9 Å². The molecule has 180 valence electrons. The first-order valence-corrected chi connectivity index (χ1v) is 11.9. The number of anilines is 1. The van der Waals surface area contributed by atoms with E-state index in [0.29, 0.717) is 22.9 Å². The van der Waals surface area contributed by atoms with Gasteiger partial charge in [0.2, 0.25) is 5.91 Å². The Kier molecular flexibility index (Phi) is 6.54. The molecule has 0 radical (unpaired) electrons. The molecule has 0 aliphatic heterocycles. The minimum Gasteiger partial charge on any atom is -0.310 e. The van der Waals surface area contributed by atoms with Crippen LogP contribution in [0.2, 0.25) is 0 Å². The molecule has 0 spiro atoms. The Morgan fingerprint density at radius 2 is 1.81 bits per heavy atom. The number of halogens is 1. The number of nitrogens with zero attached hydrogens (tertiary/aromatic N) is 4. The molecule has 6 nitrogen and oxygen atoms in total. The van der Waals surface area contributed by atoms with E-state index >= 15 is 4.39 Å². The van der Waals surface area contributed by atoms with Gasteiger partial charge in [-0.2, -0.15) is 0 Å². The minimum atomic E-state index is -0.438. The summed E-state index contributed by atoms with van der Waals surface area (Å²) in [6.07, 6.45) is 9.75. The highest BCUT2D eigenvalue weighted by molar-refractivity contribution is 5.91. The molecule has 7 heteroatoms. The van der Waals surface area contributed by atoms with E-state index < -0.39 is 5.82 Å². The zero-order valence-electron chi connectivity index (χ0n) is 20.1. The summed E-state index contributed by atoms with van der Waals surface area (Å²) in [7, 11) is 0. The summed E-state index contributed by atoms with van der Waals surface area (Å²) in [5, 5.41) is 2.79. The van der Waals surface area contributed by atoms with Crippen molar-refractivity contribution in [3.05, 3.63) is 103 Å². The number of hydrogen-bond acceptors (Lipinski definition) is 4. The van der Waals surface area contributed by atoms with Gasteiger partial charge in [-0.3, -0.25) is 14.2 Å². The summed E-state index contributed by atoms with van der Waals surface area (Å²) in [6.45, 7) is 4.24. The first kappa shape index (κ1) is 23.4. The molecule has 5 rings (SSSR count). The maximum absolute atomic E-state index is 15.0. The highest BCUT2D eigenvalue weighted by Crippen LogP contribution is 2.27. The van der Waals surface area contributed by atoms with Crippen LogP contribution in [0, 0.1) is 5.82 Å². The van der Waals surface area contributed by atoms with Gasteiger partial charge in [0.1, 0.15) is 17.3 Å². The third-order valence-electron chi connectivity index (χ3n) is 6.46. The Morgan fingerprint density at radius 3 is 2.58 bits per heavy atom. The lowest BCUT2D eigenvalue weighted by Gasteiger charge is -2.11. The topological polar surface area (TPSA) is 72.2 Å². The predicted molar refractivity (Wildman–Crippen MR) is 139 cm³/mol. The fourth-order valence-electron chi connectivity index (χ4n) is 4.19. The lowest BCUT2D eigenvalue weighted by atomic mass is 10.00. The highest BCUT2D eigenvalue weighted by Gasteiger charge is 2.14. The number of carbonyl (C=O) groups excluding carboxylic acids is 1. The minimum absolute atomic E-state index is 0.0796. The maximum atomic E-state index is 15.0. The molecular weight excluding hydrogens is 453 g/mol. The van der Waals surface area contributed by atoms with E-state index in [0.717, 1.165) is 34.5 Å². The Labute approximate surface area is 208 Å². The largest absolute Gasteiger partial charge is 0.310 e. The van der Waals surface area contributed by atoms with E-state index in [9.17, 15) is 4.79 Å². The summed E-state index contributed by atoms with van der Waals surface area (Å²) >= 11 is 0. The second-order valence-electron chi connectivity index (χ2n) is 8.84. The Hall–Kier alpha value is -4.39. The molecule has 0 aliphatic rings. The molecule has 0 bridgehead atoms. The van der Waals surface area contributed by atoms with Crippen LogP contribution in [-0.2, 0) is 11.2 Å². The van der Waals surface area contributed by atoms with Gasteiger partial charge in [0.05, 0.1) is 18.3 Å². The molecule has 0 fully saturated rings. The summed E-state index contributed by atoms with van der Waals surface area (Å²) in [4.78, 5) is 25.4. The number of carbonyl (C=O) groups is 1. The molecule has 1 N–H and O–H groups in total. The molecule has 36 heavy (non-hydrogen) atoms. The molecule has 4 aromatic heterocycles. The SMILES string of the molecule is CCC(C)c1ccnc(NC(=O)Cc2ccc(-c3cnc4cc(-c5ccncc5)ccn34)cc2F)c1. The summed E-state index contributed by atoms with van der Waals surface area (Å²) in [6, 6.07) is 16.6. The summed E-state index contributed by atoms with van der Waals surface area (Å²) in [5.41, 5.74) is 5.72. The number of rotatable bonds is 7. The Bertz CT molecular complexity index is 1530. The lowest BCUT2D eigenvalue weighted by Crippen LogP contribution is -2.16. The van der Waals surface area contributed by atoms with Crippen LogP contribution >= 0.6 is 0 Å². The van der Waals surface area contributed by atoms with Crippen molar-refractivity contribution >= 4 is 17.4 Å². The van der Waals surface area contributed by atoms with E-state index in [4.69, 9.17) is 0 Å². The van der Waals surface area contributed by atoms with E-state index in [2.05, 4.69) is 34.1 Å². The highest BCUT2D eigenvalue weighted by atomic mass is 19.1. The number of benzene rings is 1. The van der Waals surface area contributed by atoms with Crippen molar-refractivity contribution in [1.82, 2.24) is 19.4 Å². The number of fused-ring (bicyclic) bond motifs is 1. The molecule has 1 unspecified atom stereocenters. The third-order valence-corrected chi connectivity index (χ3v) is 6.46. The molecule has 0 saturated heterocycles. The van der Waals surface area contributed by atoms with Crippen LogP contribution in [0.25, 0.3) is 28.0 Å². The number of imidazole rings is 1. The van der Waals surface area contributed by atoms with Crippen LogP contribution in [0.3, 0.4) is 0 Å². The Morgan fingerprint density at radius 1 is 0.972 bits per heavy atom. The predicted octanol–water partition coefficient (Wildman–Crippen LogP) is 6.29. The molecule has 1 aromatic carbocycles. The van der Waals surface area contributed by atoms with Crippen LogP contribution < -0.4 is 5.32 Å². The van der Waals surface area contributed by atoms with Crippen LogP contribution in [0.1, 0.15) is 37.3 Å². The van der Waals surface area contributed by atoms with Crippen molar-refractivity contribution in [3.8, 4) is 22.4 Å². The molecule has 0 aliphatic carbocycles. The van der Waals surface area contributed by atoms with Gasteiger partial charge in [-0.25, -0.2) is 14.4 Å². The van der Waals surface area contributed by atoms with Gasteiger partial charge in [0, 0.05) is 30.4 Å². The zero-order valence-corrected chi connectivity index (χ0v) is 20.1. The number of hydrogen-bond donors (Lipinski definition) is 1. The van der Waals surface area contributed by atoms with Crippen molar-refractivity contribution in [1.29, 1.82) is 0 Å². The van der Waals surface area contributed by atoms with Gasteiger partial charge in [-0.1, -0.05) is 26.0 Å². The molecule has 1 atom stereocenters. The maximum Gasteiger partial charge on any atom is 0.230 e. The average Bonchev–Trinajstić information content (AvgIpc) is 3.33. The van der Waals surface area contributed by atoms with E-state index in [1.165, 1.54) is 6.07 Å². The fourth-order valence-corrected chi connectivity index (χ4v) is 4.19. The van der Waals surface area contributed by atoms with E-state index in [-0.39, 0.29) is 12.3 Å². The van der Waals surface area contributed by atoms with Crippen LogP contribution in [0.5, 0.6) is 0 Å². The first-order chi connectivity index (χ1) is 17.5. The zero-order chi connectivity index (χ0) is 25.1. The van der Waals surface area contributed by atoms with Crippen molar-refractivity contribution in [2.45, 2.75) is 32.6 Å². The normalized spacial score (nSPS) is 12.0. The lowest BCUT2D eigenvalue weighted by molar-refractivity contribution is -0.115. The standard InChI is InChI=1S/C29H26FN5O/c1-3-19(2)21-8-12-32-27(15-21)34-29(36)17-23-4-5-24(14-25(23)30)26-18-33-28-16-22(9-13-35(26)28)20-6-10-31-11-7-20/h4-16,18-19H,3,17H2,1-2H3,(H,32,34,36). The second-order valence-corrected chi connectivity index (χ2v) is 8.84. The quantitative estimate of drug-likeness (QED) is 0.298. The summed E-state index contributed by atoms with van der Waals surface area (Å²) in [5.74, 6) is 0.100. The van der Waals surface area contributed by atoms with Gasteiger partial charge < -0.3 is 5.32 Å². The summed E-state index contributed by atoms with van der Waals surface area (Å²) < 4.78 is 16.9. The van der Waals surface area contributed by atoms with Crippen LogP contribution in [0.15, 0.2) is 85.6 Å².